The number of ether oxygens (including phenoxy) is 2. The van der Waals surface area contributed by atoms with Crippen LogP contribution in [0.5, 0.6) is 5.75 Å². The van der Waals surface area contributed by atoms with E-state index in [1.807, 2.05) is 0 Å². The van der Waals surface area contributed by atoms with Crippen LogP contribution in [0.15, 0.2) is 17.1 Å². The van der Waals surface area contributed by atoms with E-state index in [-0.39, 0.29) is 6.61 Å². The fourth-order valence-electron chi connectivity index (χ4n) is 2.43. The number of hydrogen-bond donors (Lipinski definition) is 0. The number of aromatic nitrogens is 1. The molecule has 1 atom stereocenters. The van der Waals surface area contributed by atoms with Crippen LogP contribution in [-0.2, 0) is 4.74 Å². The number of esters is 1. The number of hydrogen-bond acceptors (Lipinski definition) is 4. The van der Waals surface area contributed by atoms with Crippen molar-refractivity contribution in [3.63, 3.8) is 0 Å². The lowest BCUT2D eigenvalue weighted by Gasteiger charge is -2.23. The summed E-state index contributed by atoms with van der Waals surface area (Å²) in [4.78, 5) is 24.4. The number of nitrogens with zero attached hydrogens (tertiary/aromatic N) is 1. The zero-order chi connectivity index (χ0) is 19.8. The van der Waals surface area contributed by atoms with Gasteiger partial charge in [0.1, 0.15) is 11.6 Å². The van der Waals surface area contributed by atoms with Gasteiger partial charge in [0.2, 0.25) is 11.2 Å². The van der Waals surface area contributed by atoms with E-state index in [4.69, 9.17) is 0 Å². The van der Waals surface area contributed by atoms with Crippen molar-refractivity contribution in [2.45, 2.75) is 26.1 Å². The molecule has 26 heavy (non-hydrogen) atoms. The summed E-state index contributed by atoms with van der Waals surface area (Å²) in [7, 11) is 0.920. The molecule has 0 amide bonds. The van der Waals surface area contributed by atoms with Crippen molar-refractivity contribution in [3.05, 3.63) is 39.7 Å². The van der Waals surface area contributed by atoms with Crippen molar-refractivity contribution in [2.24, 2.45) is 0 Å². The van der Waals surface area contributed by atoms with Crippen LogP contribution in [0.2, 0.25) is 0 Å². The third-order valence-electron chi connectivity index (χ3n) is 3.76. The van der Waals surface area contributed by atoms with E-state index >= 15 is 0 Å². The molecule has 0 unspecified atom stereocenters. The van der Waals surface area contributed by atoms with Crippen LogP contribution >= 0.6 is 0 Å². The van der Waals surface area contributed by atoms with Crippen LogP contribution in [0.1, 0.15) is 30.2 Å². The molecule has 142 valence electrons. The van der Waals surface area contributed by atoms with E-state index in [1.54, 1.807) is 0 Å². The summed E-state index contributed by atoms with van der Waals surface area (Å²) >= 11 is 0. The molecule has 0 aliphatic carbocycles. The van der Waals surface area contributed by atoms with Gasteiger partial charge in [-0.15, -0.1) is 0 Å². The summed E-state index contributed by atoms with van der Waals surface area (Å²) in [6, 6.07) is -1.84. The first-order valence-corrected chi connectivity index (χ1v) is 7.39. The summed E-state index contributed by atoms with van der Waals surface area (Å²) < 4.78 is 77.3. The van der Waals surface area contributed by atoms with Crippen molar-refractivity contribution in [2.75, 3.05) is 13.7 Å². The van der Waals surface area contributed by atoms with Crippen LogP contribution in [0.25, 0.3) is 10.9 Å². The quantitative estimate of drug-likeness (QED) is 0.602. The predicted octanol–water partition coefficient (Wildman–Crippen LogP) is 3.59. The Kier molecular flexibility index (Phi) is 5.24. The Morgan fingerprint density at radius 3 is 2.42 bits per heavy atom. The van der Waals surface area contributed by atoms with E-state index < -0.39 is 57.5 Å². The highest BCUT2D eigenvalue weighted by molar-refractivity contribution is 5.95. The van der Waals surface area contributed by atoms with Gasteiger partial charge in [0.05, 0.1) is 24.6 Å². The molecule has 0 radical (unpaired) electrons. The predicted molar refractivity (Wildman–Crippen MR) is 81.4 cm³/mol. The Bertz CT molecular complexity index is 920. The Morgan fingerprint density at radius 2 is 1.92 bits per heavy atom. The van der Waals surface area contributed by atoms with Crippen molar-refractivity contribution in [1.29, 1.82) is 0 Å². The van der Waals surface area contributed by atoms with Gasteiger partial charge in [0.25, 0.3) is 0 Å². The minimum atomic E-state index is -4.80. The lowest BCUT2D eigenvalue weighted by molar-refractivity contribution is -0.162. The average molecular weight is 379 g/mol. The monoisotopic (exact) mass is 379 g/mol. The fraction of sp³-hybridized carbons (Fsp3) is 0.375. The van der Waals surface area contributed by atoms with Gasteiger partial charge < -0.3 is 14.0 Å². The molecule has 2 rings (SSSR count). The molecule has 0 spiro atoms. The van der Waals surface area contributed by atoms with Crippen LogP contribution in [0.4, 0.5) is 22.0 Å². The maximum absolute atomic E-state index is 14.0. The lowest BCUT2D eigenvalue weighted by Crippen LogP contribution is -2.28. The van der Waals surface area contributed by atoms with Gasteiger partial charge in [-0.2, -0.15) is 17.6 Å². The van der Waals surface area contributed by atoms with Gasteiger partial charge in [-0.3, -0.25) is 4.79 Å². The maximum atomic E-state index is 14.0. The molecule has 1 aromatic carbocycles. The molecule has 0 saturated heterocycles. The highest BCUT2D eigenvalue weighted by Gasteiger charge is 2.39. The third-order valence-corrected chi connectivity index (χ3v) is 3.76. The molecule has 0 fully saturated rings. The van der Waals surface area contributed by atoms with E-state index in [2.05, 4.69) is 9.47 Å². The topological polar surface area (TPSA) is 57.5 Å². The van der Waals surface area contributed by atoms with Gasteiger partial charge >= 0.3 is 12.1 Å². The number of rotatable bonds is 4. The Hall–Kier alpha value is -2.65. The van der Waals surface area contributed by atoms with Gasteiger partial charge in [0, 0.05) is 6.20 Å². The molecular weight excluding hydrogens is 365 g/mol. The summed E-state index contributed by atoms with van der Waals surface area (Å²) in [5, 5.41) is -0.637. The molecule has 10 heteroatoms. The van der Waals surface area contributed by atoms with Crippen molar-refractivity contribution >= 4 is 16.9 Å². The molecule has 0 aliphatic rings. The standard InChI is InChI=1S/C16H14F5NO4/c1-4-26-15(24)9-6-22(7(2)16(19,20)21)12-8(13(9)23)5-10(17)11(18)14(12)25-3/h5-7H,4H2,1-3H3/t7-/m0/s1. The number of methoxy groups -OCH3 is 1. The zero-order valence-corrected chi connectivity index (χ0v) is 13.9. The second-order valence-electron chi connectivity index (χ2n) is 5.32. The summed E-state index contributed by atoms with van der Waals surface area (Å²) in [5.41, 5.74) is -2.45. The number of halogens is 5. The van der Waals surface area contributed by atoms with E-state index in [1.165, 1.54) is 6.92 Å². The first kappa shape index (κ1) is 19.7. The molecule has 0 N–H and O–H groups in total. The van der Waals surface area contributed by atoms with E-state index in [0.29, 0.717) is 16.8 Å². The zero-order valence-electron chi connectivity index (χ0n) is 13.9. The maximum Gasteiger partial charge on any atom is 0.408 e. The number of fused-ring (bicyclic) bond motifs is 1. The minimum absolute atomic E-state index is 0.133. The molecule has 2 aromatic rings. The lowest BCUT2D eigenvalue weighted by atomic mass is 10.1. The molecular formula is C16H14F5NO4. The highest BCUT2D eigenvalue weighted by Crippen LogP contribution is 2.36. The van der Waals surface area contributed by atoms with Gasteiger partial charge in [-0.25, -0.2) is 9.18 Å². The van der Waals surface area contributed by atoms with Gasteiger partial charge in [-0.05, 0) is 19.9 Å². The fourth-order valence-corrected chi connectivity index (χ4v) is 2.43. The average Bonchev–Trinajstić information content (AvgIpc) is 2.56. The number of carbonyl (C=O) groups excluding carboxylic acids is 1. The summed E-state index contributed by atoms with van der Waals surface area (Å²) in [6.45, 7) is 2.04. The second kappa shape index (κ2) is 6.93. The summed E-state index contributed by atoms with van der Waals surface area (Å²) in [5.74, 6) is -5.10. The van der Waals surface area contributed by atoms with Crippen LogP contribution in [0.3, 0.4) is 0 Å². The van der Waals surface area contributed by atoms with Crippen molar-refractivity contribution in [1.82, 2.24) is 4.57 Å². The minimum Gasteiger partial charge on any atom is -0.491 e. The molecule has 0 bridgehead atoms. The number of benzene rings is 1. The van der Waals surface area contributed by atoms with E-state index in [9.17, 15) is 31.5 Å². The Balaban J connectivity index is 3.02. The normalized spacial score (nSPS) is 12.9. The largest absolute Gasteiger partial charge is 0.491 e. The second-order valence-corrected chi connectivity index (χ2v) is 5.32. The van der Waals surface area contributed by atoms with Gasteiger partial charge in [0.15, 0.2) is 11.6 Å². The van der Waals surface area contributed by atoms with Gasteiger partial charge in [-0.1, -0.05) is 0 Å². The smallest absolute Gasteiger partial charge is 0.408 e. The SMILES string of the molecule is CCOC(=O)c1cn([C@@H](C)C(F)(F)F)c2c(OC)c(F)c(F)cc2c1=O. The number of carbonyl (C=O) groups is 1. The molecule has 1 heterocycles. The Labute approximate surface area is 143 Å². The van der Waals surface area contributed by atoms with E-state index in [0.717, 1.165) is 14.0 Å². The molecule has 0 saturated carbocycles. The first-order chi connectivity index (χ1) is 12.0. The Morgan fingerprint density at radius 1 is 1.31 bits per heavy atom. The van der Waals surface area contributed by atoms with Crippen molar-refractivity contribution < 1.29 is 36.2 Å². The summed E-state index contributed by atoms with van der Waals surface area (Å²) in [6.07, 6.45) is -4.19. The first-order valence-electron chi connectivity index (χ1n) is 7.39. The highest BCUT2D eigenvalue weighted by atomic mass is 19.4. The van der Waals surface area contributed by atoms with Crippen LogP contribution < -0.4 is 10.2 Å². The number of pyridine rings is 1. The van der Waals surface area contributed by atoms with Crippen LogP contribution in [-0.4, -0.2) is 30.4 Å². The van der Waals surface area contributed by atoms with Crippen molar-refractivity contribution in [3.8, 4) is 5.75 Å². The molecule has 0 aliphatic heterocycles. The van der Waals surface area contributed by atoms with Crippen LogP contribution in [0, 0.1) is 11.6 Å². The third kappa shape index (κ3) is 3.23. The molecule has 1 aromatic heterocycles. The number of alkyl halides is 3. The molecule has 5 nitrogen and oxygen atoms in total.